The summed E-state index contributed by atoms with van der Waals surface area (Å²) in [6.07, 6.45) is 4.93. The number of nitrogens with one attached hydrogen (secondary N) is 1. The minimum atomic E-state index is 0. The molecule has 2 saturated heterocycles. The average molecular weight is 520 g/mol. The fourth-order valence-electron chi connectivity index (χ4n) is 4.20. The third-order valence-corrected chi connectivity index (χ3v) is 6.50. The van der Waals surface area contributed by atoms with E-state index in [0.29, 0.717) is 5.41 Å². The summed E-state index contributed by atoms with van der Waals surface area (Å²) in [6, 6.07) is 8.75. The maximum atomic E-state index is 5.65. The van der Waals surface area contributed by atoms with Crippen LogP contribution in [0.15, 0.2) is 33.7 Å². The van der Waals surface area contributed by atoms with Crippen molar-refractivity contribution < 1.29 is 4.74 Å². The van der Waals surface area contributed by atoms with E-state index in [-0.39, 0.29) is 29.4 Å². The first-order valence-corrected chi connectivity index (χ1v) is 9.74. The lowest BCUT2D eigenvalue weighted by molar-refractivity contribution is 0.156. The Bertz CT molecular complexity index is 641. The van der Waals surface area contributed by atoms with Gasteiger partial charge in [-0.15, -0.1) is 24.0 Å². The van der Waals surface area contributed by atoms with E-state index < -0.39 is 0 Å². The number of ether oxygens (including phenoxy) is 1. The third kappa shape index (κ3) is 4.00. The predicted molar refractivity (Wildman–Crippen MR) is 116 cm³/mol. The highest BCUT2D eigenvalue weighted by Crippen LogP contribution is 2.48. The smallest absolute Gasteiger partial charge is 0.193 e. The second kappa shape index (κ2) is 7.72. The molecule has 138 valence electrons. The van der Waals surface area contributed by atoms with Crippen LogP contribution in [0, 0.1) is 5.41 Å². The van der Waals surface area contributed by atoms with E-state index in [0.717, 1.165) is 38.8 Å². The van der Waals surface area contributed by atoms with Crippen molar-refractivity contribution in [2.45, 2.75) is 31.1 Å². The minimum Gasteiger partial charge on any atom is -0.381 e. The van der Waals surface area contributed by atoms with Gasteiger partial charge in [0.05, 0.1) is 6.61 Å². The number of hydrogen-bond acceptors (Lipinski definition) is 2. The van der Waals surface area contributed by atoms with Gasteiger partial charge in [0, 0.05) is 48.6 Å². The molecule has 1 saturated carbocycles. The van der Waals surface area contributed by atoms with Gasteiger partial charge < -0.3 is 15.0 Å². The standard InChI is InChI=1S/C19H26BrN3O.HI/c1-21-17(23-9-7-18(13-23)8-10-24-14-18)22-12-19(5-6-19)15-3-2-4-16(20)11-15;/h2-4,11H,5-10,12-14H2,1H3,(H,21,22);1H. The third-order valence-electron chi connectivity index (χ3n) is 6.01. The van der Waals surface area contributed by atoms with Gasteiger partial charge in [0.15, 0.2) is 5.96 Å². The van der Waals surface area contributed by atoms with Crippen molar-refractivity contribution in [3.63, 3.8) is 0 Å². The summed E-state index contributed by atoms with van der Waals surface area (Å²) >= 11 is 3.60. The second-order valence-electron chi connectivity index (χ2n) is 7.67. The average Bonchev–Trinajstić information content (AvgIpc) is 3.06. The molecule has 6 heteroatoms. The van der Waals surface area contributed by atoms with Crippen LogP contribution in [0.25, 0.3) is 0 Å². The number of hydrogen-bond donors (Lipinski definition) is 1. The van der Waals surface area contributed by atoms with Gasteiger partial charge in [0.2, 0.25) is 0 Å². The lowest BCUT2D eigenvalue weighted by Crippen LogP contribution is -2.44. The van der Waals surface area contributed by atoms with Crippen molar-refractivity contribution in [2.75, 3.05) is 39.9 Å². The monoisotopic (exact) mass is 519 g/mol. The topological polar surface area (TPSA) is 36.9 Å². The Balaban J connectivity index is 0.00000182. The molecule has 1 aromatic carbocycles. The van der Waals surface area contributed by atoms with Crippen LogP contribution in [0.3, 0.4) is 0 Å². The van der Waals surface area contributed by atoms with E-state index in [9.17, 15) is 0 Å². The molecule has 2 heterocycles. The number of guanidine groups is 1. The highest BCUT2D eigenvalue weighted by Gasteiger charge is 2.45. The van der Waals surface area contributed by atoms with Gasteiger partial charge in [-0.25, -0.2) is 0 Å². The van der Waals surface area contributed by atoms with Crippen molar-refractivity contribution >= 4 is 45.9 Å². The van der Waals surface area contributed by atoms with Gasteiger partial charge in [-0.2, -0.15) is 0 Å². The summed E-state index contributed by atoms with van der Waals surface area (Å²) in [5, 5.41) is 3.66. The van der Waals surface area contributed by atoms with Gasteiger partial charge in [-0.3, -0.25) is 4.99 Å². The molecule has 0 bridgehead atoms. The molecule has 3 aliphatic rings. The molecule has 25 heavy (non-hydrogen) atoms. The molecule has 1 unspecified atom stereocenters. The Morgan fingerprint density at radius 1 is 1.32 bits per heavy atom. The zero-order valence-electron chi connectivity index (χ0n) is 14.8. The van der Waals surface area contributed by atoms with Gasteiger partial charge in [0.25, 0.3) is 0 Å². The van der Waals surface area contributed by atoms with Crippen molar-refractivity contribution in [2.24, 2.45) is 10.4 Å². The SMILES string of the molecule is CN=C(NCC1(c2cccc(Br)c2)CC1)N1CCC2(CCOC2)C1.I. The fraction of sp³-hybridized carbons (Fsp3) is 0.632. The fourth-order valence-corrected chi connectivity index (χ4v) is 4.60. The van der Waals surface area contributed by atoms with Gasteiger partial charge in [0.1, 0.15) is 0 Å². The number of nitrogens with zero attached hydrogens (tertiary/aromatic N) is 2. The summed E-state index contributed by atoms with van der Waals surface area (Å²) in [5.74, 6) is 1.06. The predicted octanol–water partition coefficient (Wildman–Crippen LogP) is 3.79. The summed E-state index contributed by atoms with van der Waals surface area (Å²) in [6.45, 7) is 4.98. The molecule has 4 rings (SSSR count). The zero-order valence-corrected chi connectivity index (χ0v) is 18.7. The summed E-state index contributed by atoms with van der Waals surface area (Å²) in [4.78, 5) is 6.97. The Hall–Kier alpha value is -0.340. The Morgan fingerprint density at radius 3 is 2.80 bits per heavy atom. The first-order valence-electron chi connectivity index (χ1n) is 8.94. The molecule has 3 fully saturated rings. The quantitative estimate of drug-likeness (QED) is 0.375. The van der Waals surface area contributed by atoms with Crippen molar-refractivity contribution in [1.29, 1.82) is 0 Å². The number of likely N-dealkylation sites (tertiary alicyclic amines) is 1. The summed E-state index contributed by atoms with van der Waals surface area (Å²) in [5.41, 5.74) is 2.09. The Kier molecular flexibility index (Phi) is 6.00. The molecule has 0 aromatic heterocycles. The highest BCUT2D eigenvalue weighted by molar-refractivity contribution is 14.0. The van der Waals surface area contributed by atoms with Gasteiger partial charge in [-0.1, -0.05) is 28.1 Å². The van der Waals surface area contributed by atoms with Crippen LogP contribution in [-0.4, -0.2) is 50.8 Å². The van der Waals surface area contributed by atoms with E-state index in [4.69, 9.17) is 4.74 Å². The maximum absolute atomic E-state index is 5.65. The van der Waals surface area contributed by atoms with Crippen LogP contribution in [0.5, 0.6) is 0 Å². The first kappa shape index (κ1) is 19.4. The molecule has 2 aliphatic heterocycles. The summed E-state index contributed by atoms with van der Waals surface area (Å²) < 4.78 is 6.81. The van der Waals surface area contributed by atoms with Crippen LogP contribution in [0.2, 0.25) is 0 Å². The van der Waals surface area contributed by atoms with E-state index in [1.807, 2.05) is 7.05 Å². The molecule has 0 amide bonds. The van der Waals surface area contributed by atoms with E-state index in [2.05, 4.69) is 55.4 Å². The zero-order chi connectivity index (χ0) is 16.6. The number of rotatable bonds is 3. The van der Waals surface area contributed by atoms with Gasteiger partial charge in [-0.05, 0) is 43.4 Å². The van der Waals surface area contributed by atoms with Crippen molar-refractivity contribution in [3.05, 3.63) is 34.3 Å². The molecule has 1 aromatic rings. The number of benzene rings is 1. The Morgan fingerprint density at radius 2 is 2.16 bits per heavy atom. The molecule has 1 atom stereocenters. The largest absolute Gasteiger partial charge is 0.381 e. The van der Waals surface area contributed by atoms with Crippen molar-refractivity contribution in [1.82, 2.24) is 10.2 Å². The molecule has 4 nitrogen and oxygen atoms in total. The molecule has 1 aliphatic carbocycles. The molecular formula is C19H27BrIN3O. The van der Waals surface area contributed by atoms with Crippen LogP contribution in [0.1, 0.15) is 31.2 Å². The number of halogens is 2. The van der Waals surface area contributed by atoms with Crippen LogP contribution in [0.4, 0.5) is 0 Å². The van der Waals surface area contributed by atoms with Crippen LogP contribution >= 0.6 is 39.9 Å². The highest BCUT2D eigenvalue weighted by atomic mass is 127. The van der Waals surface area contributed by atoms with Crippen LogP contribution < -0.4 is 5.32 Å². The Labute approximate surface area is 175 Å². The maximum Gasteiger partial charge on any atom is 0.193 e. The van der Waals surface area contributed by atoms with E-state index in [1.54, 1.807) is 0 Å². The normalized spacial score (nSPS) is 27.4. The molecule has 0 radical (unpaired) electrons. The molecule has 1 spiro atoms. The van der Waals surface area contributed by atoms with E-state index in [1.165, 1.54) is 35.7 Å². The molecule has 1 N–H and O–H groups in total. The minimum absolute atomic E-state index is 0. The number of aliphatic imine (C=N–C) groups is 1. The summed E-state index contributed by atoms with van der Waals surface area (Å²) in [7, 11) is 1.90. The van der Waals surface area contributed by atoms with E-state index >= 15 is 0 Å². The van der Waals surface area contributed by atoms with Crippen LogP contribution in [-0.2, 0) is 10.2 Å². The van der Waals surface area contributed by atoms with Crippen molar-refractivity contribution in [3.8, 4) is 0 Å². The lowest BCUT2D eigenvalue weighted by atomic mass is 9.87. The first-order chi connectivity index (χ1) is 11.6. The van der Waals surface area contributed by atoms with Gasteiger partial charge >= 0.3 is 0 Å². The second-order valence-corrected chi connectivity index (χ2v) is 8.58. The molecular weight excluding hydrogens is 493 g/mol. The lowest BCUT2D eigenvalue weighted by Gasteiger charge is -2.26.